The van der Waals surface area contributed by atoms with E-state index >= 15 is 0 Å². The average Bonchev–Trinajstić information content (AvgIpc) is 3.18. The number of carbonyl (C=O) groups excluding carboxylic acids is 1. The fourth-order valence-corrected chi connectivity index (χ4v) is 2.33. The molecule has 0 spiro atoms. The Balaban J connectivity index is 2.04. The van der Waals surface area contributed by atoms with Crippen LogP contribution in [0.25, 0.3) is 0 Å². The summed E-state index contributed by atoms with van der Waals surface area (Å²) in [5, 5.41) is 3.00. The van der Waals surface area contributed by atoms with E-state index in [0.29, 0.717) is 28.3 Å². The predicted molar refractivity (Wildman–Crippen MR) is 76.2 cm³/mol. The molecule has 1 aromatic rings. The number of nitrogens with two attached hydrogens (primary N) is 1. The molecule has 0 unspecified atom stereocenters. The fourth-order valence-electron chi connectivity index (χ4n) is 2.33. The number of methoxy groups -OCH3 is 1. The molecule has 3 N–H and O–H groups in total. The van der Waals surface area contributed by atoms with E-state index < -0.39 is 0 Å². The van der Waals surface area contributed by atoms with E-state index in [0.717, 1.165) is 6.54 Å². The molecule has 0 aliphatic heterocycles. The highest BCUT2D eigenvalue weighted by atomic mass is 16.5. The summed E-state index contributed by atoms with van der Waals surface area (Å²) in [7, 11) is 1.57. The van der Waals surface area contributed by atoms with Crippen molar-refractivity contribution in [2.45, 2.75) is 26.7 Å². The van der Waals surface area contributed by atoms with Gasteiger partial charge in [0, 0.05) is 12.2 Å². The minimum Gasteiger partial charge on any atom is -0.497 e. The van der Waals surface area contributed by atoms with Crippen molar-refractivity contribution in [3.05, 3.63) is 23.8 Å². The van der Waals surface area contributed by atoms with Gasteiger partial charge in [-0.3, -0.25) is 4.79 Å². The lowest BCUT2D eigenvalue weighted by Gasteiger charge is -2.20. The molecule has 19 heavy (non-hydrogen) atoms. The predicted octanol–water partition coefficient (Wildman–Crippen LogP) is 2.44. The number of nitrogen functional groups attached to an aromatic ring is 1. The van der Waals surface area contributed by atoms with E-state index in [-0.39, 0.29) is 5.91 Å². The average molecular weight is 262 g/mol. The molecule has 2 rings (SSSR count). The van der Waals surface area contributed by atoms with Crippen LogP contribution in [-0.2, 0) is 0 Å². The minimum atomic E-state index is -0.122. The van der Waals surface area contributed by atoms with Crippen LogP contribution in [0.1, 0.15) is 37.0 Å². The highest BCUT2D eigenvalue weighted by Crippen LogP contribution is 2.51. The zero-order valence-electron chi connectivity index (χ0n) is 11.8. The zero-order chi connectivity index (χ0) is 14.0. The van der Waals surface area contributed by atoms with Gasteiger partial charge in [0.2, 0.25) is 0 Å². The monoisotopic (exact) mass is 262 g/mol. The molecular weight excluding hydrogens is 240 g/mol. The Morgan fingerprint density at radius 1 is 1.47 bits per heavy atom. The van der Waals surface area contributed by atoms with E-state index in [4.69, 9.17) is 10.5 Å². The molecule has 1 amide bonds. The Morgan fingerprint density at radius 3 is 2.68 bits per heavy atom. The molecule has 4 heteroatoms. The molecule has 4 nitrogen and oxygen atoms in total. The first-order valence-electron chi connectivity index (χ1n) is 6.70. The molecule has 0 radical (unpaired) electrons. The molecule has 1 fully saturated rings. The summed E-state index contributed by atoms with van der Waals surface area (Å²) in [4.78, 5) is 12.2. The molecule has 1 aliphatic rings. The number of benzene rings is 1. The summed E-state index contributed by atoms with van der Waals surface area (Å²) >= 11 is 0. The van der Waals surface area contributed by atoms with Crippen LogP contribution in [0.4, 0.5) is 5.69 Å². The summed E-state index contributed by atoms with van der Waals surface area (Å²) in [6.07, 6.45) is 2.39. The lowest BCUT2D eigenvalue weighted by Crippen LogP contribution is -2.33. The van der Waals surface area contributed by atoms with E-state index in [2.05, 4.69) is 19.2 Å². The van der Waals surface area contributed by atoms with Crippen LogP contribution in [0.5, 0.6) is 5.75 Å². The smallest absolute Gasteiger partial charge is 0.253 e. The summed E-state index contributed by atoms with van der Waals surface area (Å²) in [5.41, 5.74) is 7.10. The van der Waals surface area contributed by atoms with Crippen LogP contribution in [0.3, 0.4) is 0 Å². The van der Waals surface area contributed by atoms with Gasteiger partial charge in [-0.1, -0.05) is 13.8 Å². The highest BCUT2D eigenvalue weighted by Gasteiger charge is 2.45. The van der Waals surface area contributed by atoms with Crippen molar-refractivity contribution in [2.24, 2.45) is 11.3 Å². The number of amides is 1. The molecule has 0 bridgehead atoms. The molecule has 1 saturated carbocycles. The number of anilines is 1. The normalized spacial score (nSPS) is 16.2. The lowest BCUT2D eigenvalue weighted by atomic mass is 9.92. The molecule has 1 aromatic carbocycles. The lowest BCUT2D eigenvalue weighted by molar-refractivity contribution is 0.0940. The second kappa shape index (κ2) is 5.11. The first kappa shape index (κ1) is 13.7. The van der Waals surface area contributed by atoms with Crippen LogP contribution in [0.15, 0.2) is 18.2 Å². The maximum absolute atomic E-state index is 12.2. The van der Waals surface area contributed by atoms with Crippen molar-refractivity contribution in [1.29, 1.82) is 0 Å². The second-order valence-corrected chi connectivity index (χ2v) is 5.65. The topological polar surface area (TPSA) is 64.3 Å². The first-order valence-corrected chi connectivity index (χ1v) is 6.70. The third-order valence-electron chi connectivity index (χ3n) is 4.22. The maximum atomic E-state index is 12.2. The Hall–Kier alpha value is -1.71. The molecule has 0 saturated heterocycles. The third-order valence-corrected chi connectivity index (χ3v) is 4.22. The molecule has 0 heterocycles. The van der Waals surface area contributed by atoms with Gasteiger partial charge in [0.05, 0.1) is 12.7 Å². The summed E-state index contributed by atoms with van der Waals surface area (Å²) in [6, 6.07) is 5.13. The van der Waals surface area contributed by atoms with E-state index in [1.165, 1.54) is 12.8 Å². The van der Waals surface area contributed by atoms with Gasteiger partial charge in [-0.25, -0.2) is 0 Å². The Bertz CT molecular complexity index is 479. The minimum absolute atomic E-state index is 0.122. The van der Waals surface area contributed by atoms with Gasteiger partial charge in [-0.2, -0.15) is 0 Å². The Morgan fingerprint density at radius 2 is 2.16 bits per heavy atom. The standard InChI is InChI=1S/C15H22N2O2/c1-10(2)15(6-7-15)9-17-14(18)12-8-11(19-3)4-5-13(12)16/h4-5,8,10H,6-7,9,16H2,1-3H3,(H,17,18). The fraction of sp³-hybridized carbons (Fsp3) is 0.533. The van der Waals surface area contributed by atoms with Gasteiger partial charge in [0.25, 0.3) is 5.91 Å². The van der Waals surface area contributed by atoms with Crippen molar-refractivity contribution in [1.82, 2.24) is 5.32 Å². The van der Waals surface area contributed by atoms with Crippen molar-refractivity contribution in [3.8, 4) is 5.75 Å². The largest absolute Gasteiger partial charge is 0.497 e. The van der Waals surface area contributed by atoms with Gasteiger partial charge in [-0.15, -0.1) is 0 Å². The van der Waals surface area contributed by atoms with E-state index in [1.807, 2.05) is 0 Å². The van der Waals surface area contributed by atoms with E-state index in [9.17, 15) is 4.79 Å². The van der Waals surface area contributed by atoms with Crippen LogP contribution in [0.2, 0.25) is 0 Å². The molecule has 1 aliphatic carbocycles. The molecule has 104 valence electrons. The maximum Gasteiger partial charge on any atom is 0.253 e. The number of ether oxygens (including phenoxy) is 1. The molecule has 0 atom stereocenters. The number of hydrogen-bond acceptors (Lipinski definition) is 3. The van der Waals surface area contributed by atoms with Crippen molar-refractivity contribution in [2.75, 3.05) is 19.4 Å². The number of rotatable bonds is 5. The molecule has 0 aromatic heterocycles. The molecular formula is C15H22N2O2. The van der Waals surface area contributed by atoms with Gasteiger partial charge in [-0.05, 0) is 42.4 Å². The number of nitrogens with one attached hydrogen (secondary N) is 1. The van der Waals surface area contributed by atoms with Crippen LogP contribution >= 0.6 is 0 Å². The number of carbonyl (C=O) groups is 1. The van der Waals surface area contributed by atoms with Crippen molar-refractivity contribution >= 4 is 11.6 Å². The first-order chi connectivity index (χ1) is 8.98. The van der Waals surface area contributed by atoms with Crippen molar-refractivity contribution in [3.63, 3.8) is 0 Å². The van der Waals surface area contributed by atoms with Gasteiger partial charge in [0.1, 0.15) is 5.75 Å². The van der Waals surface area contributed by atoms with Gasteiger partial charge < -0.3 is 15.8 Å². The van der Waals surface area contributed by atoms with E-state index in [1.54, 1.807) is 25.3 Å². The third kappa shape index (κ3) is 2.83. The van der Waals surface area contributed by atoms with Crippen LogP contribution in [0, 0.1) is 11.3 Å². The number of hydrogen-bond donors (Lipinski definition) is 2. The summed E-state index contributed by atoms with van der Waals surface area (Å²) < 4.78 is 5.12. The van der Waals surface area contributed by atoms with Gasteiger partial charge in [0.15, 0.2) is 0 Å². The quantitative estimate of drug-likeness (QED) is 0.801. The summed E-state index contributed by atoms with van der Waals surface area (Å²) in [6.45, 7) is 5.14. The van der Waals surface area contributed by atoms with Crippen LogP contribution in [-0.4, -0.2) is 19.6 Å². The summed E-state index contributed by atoms with van der Waals surface area (Å²) in [5.74, 6) is 1.11. The zero-order valence-corrected chi connectivity index (χ0v) is 11.8. The highest BCUT2D eigenvalue weighted by molar-refractivity contribution is 5.99. The van der Waals surface area contributed by atoms with Crippen molar-refractivity contribution < 1.29 is 9.53 Å². The Kier molecular flexibility index (Phi) is 3.69. The Labute approximate surface area is 114 Å². The van der Waals surface area contributed by atoms with Gasteiger partial charge >= 0.3 is 0 Å². The SMILES string of the molecule is COc1ccc(N)c(C(=O)NCC2(C(C)C)CC2)c1. The van der Waals surface area contributed by atoms with Crippen LogP contribution < -0.4 is 15.8 Å². The second-order valence-electron chi connectivity index (χ2n) is 5.65.